The molecular weight excluding hydrogens is 911 g/mol. The summed E-state index contributed by atoms with van der Waals surface area (Å²) >= 11 is 0. The third kappa shape index (κ3) is 27.6. The van der Waals surface area contributed by atoms with Crippen LogP contribution in [0.1, 0.15) is 251 Å². The van der Waals surface area contributed by atoms with Crippen molar-refractivity contribution in [3.8, 4) is 0 Å². The topological polar surface area (TPSA) is 262 Å². The van der Waals surface area contributed by atoms with E-state index in [2.05, 4.69) is 13.8 Å². The van der Waals surface area contributed by atoms with E-state index in [0.29, 0.717) is 12.8 Å². The van der Waals surface area contributed by atoms with Gasteiger partial charge in [-0.2, -0.15) is 0 Å². The zero-order valence-electron chi connectivity index (χ0n) is 44.8. The van der Waals surface area contributed by atoms with Crippen LogP contribution < -0.4 is 5.73 Å². The molecule has 0 saturated carbocycles. The summed E-state index contributed by atoms with van der Waals surface area (Å²) in [6.07, 6.45) is 21.7. The quantitative estimate of drug-likeness (QED) is 0.0258. The minimum Gasteiger partial charge on any atom is -0.394 e. The van der Waals surface area contributed by atoms with Gasteiger partial charge in [0.25, 0.3) is 0 Å². The van der Waals surface area contributed by atoms with E-state index in [4.69, 9.17) is 24.7 Å². The van der Waals surface area contributed by atoms with Gasteiger partial charge in [-0.25, -0.2) is 0 Å². The predicted molar refractivity (Wildman–Crippen MR) is 278 cm³/mol. The van der Waals surface area contributed by atoms with Crippen molar-refractivity contribution >= 4 is 5.78 Å². The van der Waals surface area contributed by atoms with Crippen molar-refractivity contribution in [3.05, 3.63) is 0 Å². The van der Waals surface area contributed by atoms with Crippen molar-refractivity contribution in [1.82, 2.24) is 0 Å². The van der Waals surface area contributed by atoms with Gasteiger partial charge in [-0.15, -0.1) is 0 Å². The molecule has 11 N–H and O–H groups in total. The molecule has 15 heteroatoms. The Labute approximate surface area is 430 Å². The van der Waals surface area contributed by atoms with Gasteiger partial charge in [-0.3, -0.25) is 4.79 Å². The van der Waals surface area contributed by atoms with Gasteiger partial charge >= 0.3 is 0 Å². The van der Waals surface area contributed by atoms with Crippen LogP contribution in [-0.2, 0) is 23.7 Å². The number of hydrogen-bond donors (Lipinski definition) is 10. The average molecular weight is 1020 g/mol. The Morgan fingerprint density at radius 2 is 0.817 bits per heavy atom. The van der Waals surface area contributed by atoms with Crippen molar-refractivity contribution in [1.29, 1.82) is 0 Å². The van der Waals surface area contributed by atoms with E-state index in [-0.39, 0.29) is 12.8 Å². The maximum atomic E-state index is 13.9. The van der Waals surface area contributed by atoms with E-state index < -0.39 is 105 Å². The van der Waals surface area contributed by atoms with Crippen LogP contribution in [0.25, 0.3) is 0 Å². The molecule has 0 bridgehead atoms. The van der Waals surface area contributed by atoms with Gasteiger partial charge in [0.2, 0.25) is 0 Å². The SMILES string of the molecule is CCCCCCCCCCCCCCCCCCCCCCCCCC(=O)C(O[C@H]1O[C@H](CO)[C@@H](O[C@H]2O[C@H](CO)[C@@H](O)[C@H](O)[C@H]2O)[C@H](O)[C@H]1O)[C@@H](N)[C@H](O)[C@H](O)CCCCCCCCCCCCCC. The zero-order chi connectivity index (χ0) is 52.1. The summed E-state index contributed by atoms with van der Waals surface area (Å²) in [6, 6.07) is -1.43. The maximum Gasteiger partial charge on any atom is 0.187 e. The van der Waals surface area contributed by atoms with E-state index in [1.165, 1.54) is 167 Å². The van der Waals surface area contributed by atoms with Gasteiger partial charge in [0.1, 0.15) is 54.9 Å². The Morgan fingerprint density at radius 3 is 1.21 bits per heavy atom. The van der Waals surface area contributed by atoms with Crippen molar-refractivity contribution in [2.45, 2.75) is 337 Å². The first-order valence-electron chi connectivity index (χ1n) is 29.3. The number of unbranched alkanes of at least 4 members (excludes halogenated alkanes) is 33. The third-order valence-electron chi connectivity index (χ3n) is 15.1. The minimum absolute atomic E-state index is 0.0523. The number of rotatable bonds is 47. The number of nitrogens with two attached hydrogens (primary N) is 1. The van der Waals surface area contributed by atoms with Gasteiger partial charge in [0, 0.05) is 6.42 Å². The molecule has 1 unspecified atom stereocenters. The van der Waals surface area contributed by atoms with Crippen molar-refractivity contribution in [3.63, 3.8) is 0 Å². The monoisotopic (exact) mass is 1020 g/mol. The Balaban J connectivity index is 1.83. The third-order valence-corrected chi connectivity index (χ3v) is 15.1. The number of carbonyl (C=O) groups is 1. The van der Waals surface area contributed by atoms with Gasteiger partial charge in [0.05, 0.1) is 31.5 Å². The van der Waals surface area contributed by atoms with Crippen molar-refractivity contribution in [2.24, 2.45) is 5.73 Å². The van der Waals surface area contributed by atoms with E-state index >= 15 is 0 Å². The van der Waals surface area contributed by atoms with E-state index in [1.54, 1.807) is 0 Å². The molecule has 422 valence electrons. The fourth-order valence-corrected chi connectivity index (χ4v) is 10.2. The highest BCUT2D eigenvalue weighted by atomic mass is 16.7. The lowest BCUT2D eigenvalue weighted by atomic mass is 9.92. The van der Waals surface area contributed by atoms with Crippen LogP contribution in [-0.4, -0.2) is 151 Å². The molecule has 0 aromatic carbocycles. The van der Waals surface area contributed by atoms with Crippen LogP contribution in [0, 0.1) is 0 Å². The second-order valence-corrected chi connectivity index (χ2v) is 21.4. The van der Waals surface area contributed by atoms with E-state index in [1.807, 2.05) is 0 Å². The lowest BCUT2D eigenvalue weighted by molar-refractivity contribution is -0.362. The maximum absolute atomic E-state index is 13.9. The summed E-state index contributed by atoms with van der Waals surface area (Å²) in [5.41, 5.74) is 6.53. The lowest BCUT2D eigenvalue weighted by Crippen LogP contribution is -2.65. The number of carbonyl (C=O) groups excluding carboxylic acids is 1. The molecule has 0 aromatic heterocycles. The van der Waals surface area contributed by atoms with Gasteiger partial charge in [-0.1, -0.05) is 232 Å². The normalized spacial score (nSPS) is 26.6. The Hall–Kier alpha value is -0.890. The van der Waals surface area contributed by atoms with Gasteiger partial charge in [-0.05, 0) is 12.8 Å². The second kappa shape index (κ2) is 42.2. The number of aliphatic hydroxyl groups is 9. The van der Waals surface area contributed by atoms with Crippen molar-refractivity contribution in [2.75, 3.05) is 13.2 Å². The number of ketones is 1. The molecule has 0 aliphatic carbocycles. The van der Waals surface area contributed by atoms with Crippen molar-refractivity contribution < 1.29 is 69.7 Å². The summed E-state index contributed by atoms with van der Waals surface area (Å²) in [5.74, 6) is -0.469. The molecule has 0 spiro atoms. The van der Waals surface area contributed by atoms with Crippen LogP contribution in [0.5, 0.6) is 0 Å². The summed E-state index contributed by atoms with van der Waals surface area (Å²) in [5, 5.41) is 95.7. The fourth-order valence-electron chi connectivity index (χ4n) is 10.2. The molecule has 2 aliphatic heterocycles. The molecule has 2 saturated heterocycles. The van der Waals surface area contributed by atoms with Crippen LogP contribution in [0.15, 0.2) is 0 Å². The highest BCUT2D eigenvalue weighted by Crippen LogP contribution is 2.31. The summed E-state index contributed by atoms with van der Waals surface area (Å²) in [4.78, 5) is 13.9. The molecule has 0 amide bonds. The lowest BCUT2D eigenvalue weighted by Gasteiger charge is -2.46. The Bertz CT molecular complexity index is 1230. The largest absolute Gasteiger partial charge is 0.394 e. The first-order chi connectivity index (χ1) is 34.4. The molecule has 2 aliphatic rings. The summed E-state index contributed by atoms with van der Waals surface area (Å²) in [6.45, 7) is 2.97. The second-order valence-electron chi connectivity index (χ2n) is 21.4. The van der Waals surface area contributed by atoms with E-state index in [9.17, 15) is 50.8 Å². The minimum atomic E-state index is -1.91. The van der Waals surface area contributed by atoms with Crippen LogP contribution in [0.3, 0.4) is 0 Å². The average Bonchev–Trinajstić information content (AvgIpc) is 3.37. The molecule has 0 radical (unpaired) electrons. The molecule has 2 heterocycles. The first kappa shape index (κ1) is 66.2. The smallest absolute Gasteiger partial charge is 0.187 e. The Morgan fingerprint density at radius 1 is 0.465 bits per heavy atom. The van der Waals surface area contributed by atoms with Gasteiger partial charge < -0.3 is 70.6 Å². The number of aliphatic hydroxyl groups excluding tert-OH is 9. The van der Waals surface area contributed by atoms with Crippen LogP contribution in [0.2, 0.25) is 0 Å². The highest BCUT2D eigenvalue weighted by Gasteiger charge is 2.52. The van der Waals surface area contributed by atoms with Crippen LogP contribution in [0.4, 0.5) is 0 Å². The standard InChI is InChI=1S/C56H109NO14/c1-3-5-7-9-11-13-15-17-18-19-20-21-22-23-24-25-26-27-29-31-33-35-37-39-43(61)53(46(57)47(62)42(60)38-36-34-32-30-28-16-14-12-10-8-6-4-2)70-56-52(67)50(65)54(45(41-59)69-56)71-55-51(66)49(64)48(63)44(40-58)68-55/h42,44-56,58-60,62-67H,3-41,57H2,1-2H3/t42-,44-,45-,46+,47-,48-,49+,50-,51-,52-,53?,54-,55-,56-/m1/s1. The molecular formula is C56H109NO14. The molecule has 2 fully saturated rings. The fraction of sp³-hybridized carbons (Fsp3) is 0.982. The Kier molecular flexibility index (Phi) is 39.4. The summed E-state index contributed by atoms with van der Waals surface area (Å²) in [7, 11) is 0. The first-order valence-corrected chi connectivity index (χ1v) is 29.3. The molecule has 71 heavy (non-hydrogen) atoms. The van der Waals surface area contributed by atoms with Gasteiger partial charge in [0.15, 0.2) is 18.4 Å². The number of ether oxygens (including phenoxy) is 4. The van der Waals surface area contributed by atoms with E-state index in [0.717, 1.165) is 44.9 Å². The number of hydrogen-bond acceptors (Lipinski definition) is 15. The molecule has 0 aromatic rings. The molecule has 14 atom stereocenters. The predicted octanol–water partition coefficient (Wildman–Crippen LogP) is 8.09. The molecule has 2 rings (SSSR count). The highest BCUT2D eigenvalue weighted by molar-refractivity contribution is 5.84. The number of Topliss-reactive ketones (excluding diaryl/α,β-unsaturated/α-hetero) is 1. The molecule has 15 nitrogen and oxygen atoms in total. The zero-order valence-corrected chi connectivity index (χ0v) is 44.8. The van der Waals surface area contributed by atoms with Crippen LogP contribution >= 0.6 is 0 Å². The summed E-state index contributed by atoms with van der Waals surface area (Å²) < 4.78 is 22.9.